The van der Waals surface area contributed by atoms with Crippen LogP contribution in [0.4, 0.5) is 14.9 Å². The van der Waals surface area contributed by atoms with Gasteiger partial charge in [0, 0.05) is 10.7 Å². The predicted molar refractivity (Wildman–Crippen MR) is 94.2 cm³/mol. The van der Waals surface area contributed by atoms with Gasteiger partial charge in [-0.15, -0.1) is 0 Å². The van der Waals surface area contributed by atoms with E-state index in [1.165, 1.54) is 12.1 Å². The zero-order valence-corrected chi connectivity index (χ0v) is 13.9. The molecule has 1 heterocycles. The smallest absolute Gasteiger partial charge is 0.295 e. The highest BCUT2D eigenvalue weighted by Gasteiger charge is 2.34. The Balaban J connectivity index is 1.73. The van der Waals surface area contributed by atoms with Crippen molar-refractivity contribution >= 4 is 46.3 Å². The largest absolute Gasteiger partial charge is 0.367 e. The summed E-state index contributed by atoms with van der Waals surface area (Å²) in [6, 6.07) is 12.9. The molecule has 1 saturated heterocycles. The van der Waals surface area contributed by atoms with Crippen LogP contribution in [-0.4, -0.2) is 22.7 Å². The minimum Gasteiger partial charge on any atom is -0.367 e. The molecule has 0 saturated carbocycles. The maximum atomic E-state index is 13.2. The summed E-state index contributed by atoms with van der Waals surface area (Å²) in [6.07, 6.45) is 1.59. The highest BCUT2D eigenvalue weighted by atomic mass is 35.5. The normalized spacial score (nSPS) is 16.1. The van der Waals surface area contributed by atoms with Crippen LogP contribution in [0.15, 0.2) is 53.4 Å². The third-order valence-electron chi connectivity index (χ3n) is 3.33. The molecule has 0 spiro atoms. The molecular weight excluding hydrogens is 351 g/mol. The van der Waals surface area contributed by atoms with Crippen LogP contribution in [0.5, 0.6) is 0 Å². The number of carbonyl (C=O) groups excluding carboxylic acids is 2. The summed E-state index contributed by atoms with van der Waals surface area (Å²) in [5.41, 5.74) is 1.16. The third-order valence-corrected chi connectivity index (χ3v) is 4.58. The van der Waals surface area contributed by atoms with E-state index in [2.05, 4.69) is 5.32 Å². The second-order valence-corrected chi connectivity index (χ2v) is 6.38. The van der Waals surface area contributed by atoms with Crippen LogP contribution >= 0.6 is 23.4 Å². The van der Waals surface area contributed by atoms with Crippen molar-refractivity contribution in [2.24, 2.45) is 0 Å². The summed E-state index contributed by atoms with van der Waals surface area (Å²) in [5.74, 6) is -0.804. The highest BCUT2D eigenvalue weighted by Crippen LogP contribution is 2.33. The lowest BCUT2D eigenvalue weighted by molar-refractivity contribution is -0.122. The molecule has 2 aromatic carbocycles. The third kappa shape index (κ3) is 3.60. The zero-order valence-electron chi connectivity index (χ0n) is 12.3. The number of halogens is 2. The first-order valence-electron chi connectivity index (χ1n) is 7.04. The number of hydrogen-bond donors (Lipinski definition) is 1. The van der Waals surface area contributed by atoms with Crippen molar-refractivity contribution in [1.29, 1.82) is 0 Å². The Morgan fingerprint density at radius 1 is 1.17 bits per heavy atom. The van der Waals surface area contributed by atoms with E-state index in [4.69, 9.17) is 11.6 Å². The Labute approximate surface area is 147 Å². The molecular formula is C17H12ClFN2O2S. The fourth-order valence-corrected chi connectivity index (χ4v) is 3.16. The molecule has 2 aromatic rings. The van der Waals surface area contributed by atoms with Gasteiger partial charge in [0.15, 0.2) is 0 Å². The number of nitrogens with one attached hydrogen (secondary N) is 1. The lowest BCUT2D eigenvalue weighted by Crippen LogP contribution is -2.33. The van der Waals surface area contributed by atoms with Gasteiger partial charge in [0.1, 0.15) is 5.82 Å². The summed E-state index contributed by atoms with van der Waals surface area (Å²) in [6.45, 7) is -0.0337. The minimum absolute atomic E-state index is 0.0337. The highest BCUT2D eigenvalue weighted by molar-refractivity contribution is 8.18. The van der Waals surface area contributed by atoms with Crippen molar-refractivity contribution in [3.63, 3.8) is 0 Å². The van der Waals surface area contributed by atoms with Gasteiger partial charge in [0.05, 0.1) is 11.6 Å². The fraction of sp³-hybridized carbons (Fsp3) is 0.0588. The van der Waals surface area contributed by atoms with Gasteiger partial charge >= 0.3 is 0 Å². The summed E-state index contributed by atoms with van der Waals surface area (Å²) < 4.78 is 13.2. The van der Waals surface area contributed by atoms with E-state index in [1.807, 2.05) is 0 Å². The van der Waals surface area contributed by atoms with Crippen molar-refractivity contribution in [3.8, 4) is 0 Å². The van der Waals surface area contributed by atoms with Crippen molar-refractivity contribution < 1.29 is 14.0 Å². The van der Waals surface area contributed by atoms with Crippen LogP contribution in [0.3, 0.4) is 0 Å². The molecule has 0 aliphatic carbocycles. The topological polar surface area (TPSA) is 49.4 Å². The van der Waals surface area contributed by atoms with Crippen LogP contribution in [-0.2, 0) is 4.79 Å². The van der Waals surface area contributed by atoms with E-state index in [0.29, 0.717) is 21.2 Å². The van der Waals surface area contributed by atoms with Crippen LogP contribution in [0, 0.1) is 5.82 Å². The summed E-state index contributed by atoms with van der Waals surface area (Å²) in [4.78, 5) is 25.8. The maximum absolute atomic E-state index is 13.2. The molecule has 0 bridgehead atoms. The molecule has 0 radical (unpaired) electrons. The number of amides is 2. The van der Waals surface area contributed by atoms with E-state index >= 15 is 0 Å². The molecule has 2 amide bonds. The molecule has 1 aliphatic rings. The monoisotopic (exact) mass is 362 g/mol. The number of imide groups is 1. The Kier molecular flexibility index (Phi) is 4.87. The molecule has 1 N–H and O–H groups in total. The van der Waals surface area contributed by atoms with Gasteiger partial charge in [-0.05, 0) is 47.7 Å². The summed E-state index contributed by atoms with van der Waals surface area (Å²) >= 11 is 6.92. The first-order chi connectivity index (χ1) is 11.5. The SMILES string of the molecule is O=C1SC(=Cc2ccccc2Cl)C(=O)N1CNc1cccc(F)c1. The number of anilines is 1. The predicted octanol–water partition coefficient (Wildman–Crippen LogP) is 4.59. The van der Waals surface area contributed by atoms with Gasteiger partial charge in [-0.1, -0.05) is 35.9 Å². The van der Waals surface area contributed by atoms with E-state index in [1.54, 1.807) is 42.5 Å². The molecule has 0 atom stereocenters. The van der Waals surface area contributed by atoms with Crippen LogP contribution in [0.1, 0.15) is 5.56 Å². The van der Waals surface area contributed by atoms with E-state index in [9.17, 15) is 14.0 Å². The van der Waals surface area contributed by atoms with Crippen molar-refractivity contribution in [2.45, 2.75) is 0 Å². The molecule has 3 rings (SSSR count). The van der Waals surface area contributed by atoms with E-state index in [0.717, 1.165) is 16.7 Å². The number of carbonyl (C=O) groups is 2. The fourth-order valence-electron chi connectivity index (χ4n) is 2.14. The summed E-state index contributed by atoms with van der Waals surface area (Å²) in [5, 5.41) is 2.98. The number of rotatable bonds is 4. The first kappa shape index (κ1) is 16.5. The molecule has 7 heteroatoms. The molecule has 4 nitrogen and oxygen atoms in total. The number of benzene rings is 2. The van der Waals surface area contributed by atoms with Crippen molar-refractivity contribution in [1.82, 2.24) is 4.90 Å². The standard InChI is InChI=1S/C17H12ClFN2O2S/c18-14-7-2-1-4-11(14)8-15-16(22)21(17(23)24-15)10-20-13-6-3-5-12(19)9-13/h1-9,20H,10H2. The zero-order chi connectivity index (χ0) is 17.1. The number of nitrogens with zero attached hydrogens (tertiary/aromatic N) is 1. The van der Waals surface area contributed by atoms with Gasteiger partial charge in [0.2, 0.25) is 0 Å². The second-order valence-electron chi connectivity index (χ2n) is 4.98. The van der Waals surface area contributed by atoms with E-state index < -0.39 is 11.7 Å². The lowest BCUT2D eigenvalue weighted by Gasteiger charge is -2.14. The summed E-state index contributed by atoms with van der Waals surface area (Å²) in [7, 11) is 0. The average Bonchev–Trinajstić information content (AvgIpc) is 2.82. The van der Waals surface area contributed by atoms with Crippen molar-refractivity contribution in [2.75, 3.05) is 12.0 Å². The Hall–Kier alpha value is -2.31. The Morgan fingerprint density at radius 3 is 2.71 bits per heavy atom. The van der Waals surface area contributed by atoms with Gasteiger partial charge in [0.25, 0.3) is 11.1 Å². The molecule has 24 heavy (non-hydrogen) atoms. The van der Waals surface area contributed by atoms with E-state index in [-0.39, 0.29) is 11.9 Å². The molecule has 0 aromatic heterocycles. The number of hydrogen-bond acceptors (Lipinski definition) is 4. The molecule has 122 valence electrons. The van der Waals surface area contributed by atoms with Gasteiger partial charge in [-0.25, -0.2) is 4.39 Å². The molecule has 1 fully saturated rings. The lowest BCUT2D eigenvalue weighted by atomic mass is 10.2. The van der Waals surface area contributed by atoms with Gasteiger partial charge < -0.3 is 5.32 Å². The molecule has 0 unspecified atom stereocenters. The maximum Gasteiger partial charge on any atom is 0.295 e. The van der Waals surface area contributed by atoms with Gasteiger partial charge in [-0.3, -0.25) is 14.5 Å². The van der Waals surface area contributed by atoms with Gasteiger partial charge in [-0.2, -0.15) is 0 Å². The van der Waals surface area contributed by atoms with Crippen molar-refractivity contribution in [3.05, 3.63) is 69.8 Å². The minimum atomic E-state index is -0.408. The molecule has 1 aliphatic heterocycles. The van der Waals surface area contributed by atoms with Crippen LogP contribution in [0.2, 0.25) is 5.02 Å². The Morgan fingerprint density at radius 2 is 1.96 bits per heavy atom. The quantitative estimate of drug-likeness (QED) is 0.808. The van der Waals surface area contributed by atoms with Crippen LogP contribution in [0.25, 0.3) is 6.08 Å². The van der Waals surface area contributed by atoms with Crippen LogP contribution < -0.4 is 5.32 Å². The average molecular weight is 363 g/mol. The number of thioether (sulfide) groups is 1. The first-order valence-corrected chi connectivity index (χ1v) is 8.23. The second kappa shape index (κ2) is 7.07. The Bertz CT molecular complexity index is 841.